The second-order valence-electron chi connectivity index (χ2n) is 4.27. The van der Waals surface area contributed by atoms with Crippen LogP contribution in [0.3, 0.4) is 0 Å². The summed E-state index contributed by atoms with van der Waals surface area (Å²) in [6.45, 7) is 1.75. The van der Waals surface area contributed by atoms with Crippen LogP contribution in [0, 0.1) is 6.92 Å². The van der Waals surface area contributed by atoms with Crippen molar-refractivity contribution in [2.24, 2.45) is 0 Å². The normalized spacial score (nSPS) is 10.4. The Bertz CT molecular complexity index is 566. The molecular weight excluding hydrogens is 264 g/mol. The molecule has 0 radical (unpaired) electrons. The highest BCUT2D eigenvalue weighted by molar-refractivity contribution is 6.17. The van der Waals surface area contributed by atoms with Gasteiger partial charge in [-0.15, -0.1) is 11.6 Å². The van der Waals surface area contributed by atoms with Crippen molar-refractivity contribution in [2.45, 2.75) is 19.8 Å². The molecule has 0 saturated carbocycles. The van der Waals surface area contributed by atoms with E-state index in [9.17, 15) is 4.79 Å². The van der Waals surface area contributed by atoms with Gasteiger partial charge in [-0.2, -0.15) is 0 Å². The van der Waals surface area contributed by atoms with Crippen LogP contribution in [0.2, 0.25) is 0 Å². The predicted octanol–water partition coefficient (Wildman–Crippen LogP) is 3.41. The second-order valence-corrected chi connectivity index (χ2v) is 4.65. The molecule has 0 atom stereocenters. The van der Waals surface area contributed by atoms with Gasteiger partial charge < -0.3 is 9.84 Å². The van der Waals surface area contributed by atoms with E-state index >= 15 is 0 Å². The zero-order valence-electron chi connectivity index (χ0n) is 10.6. The molecule has 1 aromatic heterocycles. The highest BCUT2D eigenvalue weighted by Crippen LogP contribution is 2.14. The van der Waals surface area contributed by atoms with Gasteiger partial charge in [-0.05, 0) is 37.5 Å². The van der Waals surface area contributed by atoms with Crippen LogP contribution in [0.4, 0.5) is 5.69 Å². The molecule has 1 N–H and O–H groups in total. The fourth-order valence-corrected chi connectivity index (χ4v) is 1.88. The maximum atomic E-state index is 11.9. The molecule has 5 heteroatoms. The van der Waals surface area contributed by atoms with Gasteiger partial charge in [0.1, 0.15) is 5.76 Å². The lowest BCUT2D eigenvalue weighted by Crippen LogP contribution is -2.12. The van der Waals surface area contributed by atoms with Crippen molar-refractivity contribution in [3.63, 3.8) is 0 Å². The number of alkyl halides is 1. The summed E-state index contributed by atoms with van der Waals surface area (Å²) >= 11 is 5.67. The number of amides is 1. The number of carbonyl (C=O) groups excluding carboxylic acids is 1. The summed E-state index contributed by atoms with van der Waals surface area (Å²) in [6, 6.07) is 9.31. The molecule has 0 spiro atoms. The number of hydrogen-bond donors (Lipinski definition) is 1. The molecule has 4 nitrogen and oxygen atoms in total. The summed E-state index contributed by atoms with van der Waals surface area (Å²) in [5.74, 6) is 0.974. The van der Waals surface area contributed by atoms with Crippen LogP contribution < -0.4 is 5.32 Å². The van der Waals surface area contributed by atoms with E-state index in [1.807, 2.05) is 24.3 Å². The average Bonchev–Trinajstić information content (AvgIpc) is 2.83. The minimum absolute atomic E-state index is 0.272. The first-order valence-corrected chi connectivity index (χ1v) is 6.62. The largest absolute Gasteiger partial charge is 0.361 e. The Labute approximate surface area is 116 Å². The van der Waals surface area contributed by atoms with Gasteiger partial charge in [0, 0.05) is 17.6 Å². The SMILES string of the molecule is Cc1cc(C(=O)Nc2cccc(CCCCl)c2)no1. The van der Waals surface area contributed by atoms with Crippen LogP contribution in [-0.4, -0.2) is 16.9 Å². The van der Waals surface area contributed by atoms with E-state index in [1.54, 1.807) is 13.0 Å². The number of halogens is 1. The Morgan fingerprint density at radius 2 is 2.26 bits per heavy atom. The Hall–Kier alpha value is -1.81. The van der Waals surface area contributed by atoms with Crippen LogP contribution in [0.1, 0.15) is 28.2 Å². The number of carbonyl (C=O) groups is 1. The van der Waals surface area contributed by atoms with E-state index in [2.05, 4.69) is 10.5 Å². The molecule has 2 aromatic rings. The van der Waals surface area contributed by atoms with Crippen molar-refractivity contribution in [1.82, 2.24) is 5.16 Å². The summed E-state index contributed by atoms with van der Waals surface area (Å²) in [5, 5.41) is 6.47. The fraction of sp³-hybridized carbons (Fsp3) is 0.286. The molecule has 0 saturated heterocycles. The minimum atomic E-state index is -0.272. The van der Waals surface area contributed by atoms with Gasteiger partial charge in [-0.1, -0.05) is 17.3 Å². The number of nitrogens with one attached hydrogen (secondary N) is 1. The number of aryl methyl sites for hydroxylation is 2. The van der Waals surface area contributed by atoms with Crippen LogP contribution in [-0.2, 0) is 6.42 Å². The first-order chi connectivity index (χ1) is 9.19. The number of nitrogens with zero attached hydrogens (tertiary/aromatic N) is 1. The lowest BCUT2D eigenvalue weighted by atomic mass is 10.1. The Morgan fingerprint density at radius 1 is 1.42 bits per heavy atom. The lowest BCUT2D eigenvalue weighted by Gasteiger charge is -2.05. The Morgan fingerprint density at radius 3 is 2.95 bits per heavy atom. The first kappa shape index (κ1) is 13.6. The minimum Gasteiger partial charge on any atom is -0.361 e. The highest BCUT2D eigenvalue weighted by Gasteiger charge is 2.11. The average molecular weight is 279 g/mol. The summed E-state index contributed by atoms with van der Waals surface area (Å²) in [5.41, 5.74) is 2.18. The molecule has 0 fully saturated rings. The maximum Gasteiger partial charge on any atom is 0.277 e. The van der Waals surface area contributed by atoms with Gasteiger partial charge in [0.2, 0.25) is 0 Å². The van der Waals surface area contributed by atoms with Crippen LogP contribution in [0.25, 0.3) is 0 Å². The molecule has 1 amide bonds. The number of anilines is 1. The number of hydrogen-bond acceptors (Lipinski definition) is 3. The Balaban J connectivity index is 2.04. The molecular formula is C14H15ClN2O2. The van der Waals surface area contributed by atoms with Gasteiger partial charge in [-0.3, -0.25) is 4.79 Å². The van der Waals surface area contributed by atoms with E-state index in [0.717, 1.165) is 24.1 Å². The third-order valence-corrected chi connectivity index (χ3v) is 2.91. The third kappa shape index (κ3) is 3.83. The van der Waals surface area contributed by atoms with Gasteiger partial charge in [0.15, 0.2) is 5.69 Å². The third-order valence-electron chi connectivity index (χ3n) is 2.64. The molecule has 1 aromatic carbocycles. The van der Waals surface area contributed by atoms with Gasteiger partial charge in [0.05, 0.1) is 0 Å². The van der Waals surface area contributed by atoms with Crippen molar-refractivity contribution in [1.29, 1.82) is 0 Å². The fourth-order valence-electron chi connectivity index (χ4n) is 1.74. The monoisotopic (exact) mass is 278 g/mol. The van der Waals surface area contributed by atoms with E-state index < -0.39 is 0 Å². The molecule has 1 heterocycles. The molecule has 19 heavy (non-hydrogen) atoms. The van der Waals surface area contributed by atoms with E-state index in [4.69, 9.17) is 16.1 Å². The van der Waals surface area contributed by atoms with Gasteiger partial charge in [-0.25, -0.2) is 0 Å². The van der Waals surface area contributed by atoms with Crippen molar-refractivity contribution in [2.75, 3.05) is 11.2 Å². The van der Waals surface area contributed by atoms with Crippen molar-refractivity contribution < 1.29 is 9.32 Å². The van der Waals surface area contributed by atoms with Crippen molar-refractivity contribution in [3.8, 4) is 0 Å². The van der Waals surface area contributed by atoms with Crippen molar-refractivity contribution >= 4 is 23.2 Å². The van der Waals surface area contributed by atoms with Gasteiger partial charge >= 0.3 is 0 Å². The van der Waals surface area contributed by atoms with Crippen LogP contribution >= 0.6 is 11.6 Å². The van der Waals surface area contributed by atoms with E-state index in [1.165, 1.54) is 0 Å². The smallest absolute Gasteiger partial charge is 0.277 e. The molecule has 0 aliphatic carbocycles. The molecule has 0 bridgehead atoms. The summed E-state index contributed by atoms with van der Waals surface area (Å²) in [4.78, 5) is 11.9. The van der Waals surface area contributed by atoms with Crippen molar-refractivity contribution in [3.05, 3.63) is 47.3 Å². The molecule has 0 unspecified atom stereocenters. The van der Waals surface area contributed by atoms with Crippen LogP contribution in [0.15, 0.2) is 34.9 Å². The zero-order chi connectivity index (χ0) is 13.7. The number of benzene rings is 1. The molecule has 0 aliphatic rings. The summed E-state index contributed by atoms with van der Waals surface area (Å²) in [7, 11) is 0. The molecule has 100 valence electrons. The standard InChI is InChI=1S/C14H15ClN2O2/c1-10-8-13(17-19-10)14(18)16-12-6-2-4-11(9-12)5-3-7-15/h2,4,6,8-9H,3,5,7H2,1H3,(H,16,18). The zero-order valence-corrected chi connectivity index (χ0v) is 11.4. The molecule has 0 aliphatic heterocycles. The maximum absolute atomic E-state index is 11.9. The summed E-state index contributed by atoms with van der Waals surface area (Å²) in [6.07, 6.45) is 1.82. The lowest BCUT2D eigenvalue weighted by molar-refractivity contribution is 0.101. The van der Waals surface area contributed by atoms with Gasteiger partial charge in [0.25, 0.3) is 5.91 Å². The number of rotatable bonds is 5. The quantitative estimate of drug-likeness (QED) is 0.853. The van der Waals surface area contributed by atoms with E-state index in [0.29, 0.717) is 11.6 Å². The predicted molar refractivity (Wildman–Crippen MR) is 74.7 cm³/mol. The topological polar surface area (TPSA) is 55.1 Å². The number of aromatic nitrogens is 1. The second kappa shape index (κ2) is 6.38. The Kier molecular flexibility index (Phi) is 4.58. The van der Waals surface area contributed by atoms with E-state index in [-0.39, 0.29) is 11.6 Å². The summed E-state index contributed by atoms with van der Waals surface area (Å²) < 4.78 is 4.87. The van der Waals surface area contributed by atoms with Crippen LogP contribution in [0.5, 0.6) is 0 Å². The molecule has 2 rings (SSSR count). The highest BCUT2D eigenvalue weighted by atomic mass is 35.5. The first-order valence-electron chi connectivity index (χ1n) is 6.08.